The molecule has 0 amide bonds. The van der Waals surface area contributed by atoms with Crippen LogP contribution in [0.5, 0.6) is 0 Å². The zero-order chi connectivity index (χ0) is 27.9. The molecular weight excluding hydrogens is 535 g/mol. The molecular formula is C30H37LiN4O7. The summed E-state index contributed by atoms with van der Waals surface area (Å²) in [6.45, 7) is 5.05. The Balaban J connectivity index is 0.000000221. The number of aromatic nitrogens is 4. The first-order valence-electron chi connectivity index (χ1n) is 14.1. The topological polar surface area (TPSA) is 148 Å². The third-order valence-electron chi connectivity index (χ3n) is 7.29. The molecule has 4 heterocycles. The van der Waals surface area contributed by atoms with E-state index in [0.717, 1.165) is 61.7 Å². The molecule has 42 heavy (non-hydrogen) atoms. The van der Waals surface area contributed by atoms with E-state index in [2.05, 4.69) is 10.2 Å². The van der Waals surface area contributed by atoms with Crippen molar-refractivity contribution in [3.63, 3.8) is 0 Å². The number of benzene rings is 2. The van der Waals surface area contributed by atoms with Gasteiger partial charge in [0.05, 0.1) is 42.9 Å². The second-order valence-corrected chi connectivity index (χ2v) is 10.1. The maximum absolute atomic E-state index is 12.0. The van der Waals surface area contributed by atoms with E-state index in [1.54, 1.807) is 17.7 Å². The molecule has 11 nitrogen and oxygen atoms in total. The van der Waals surface area contributed by atoms with Crippen LogP contribution in [0, 0.1) is 0 Å². The zero-order valence-electron chi connectivity index (χ0n) is 24.3. The normalized spacial score (nSPS) is 18.3. The molecule has 6 rings (SSSR count). The van der Waals surface area contributed by atoms with Crippen LogP contribution in [0.1, 0.15) is 66.4 Å². The number of nitrogens with zero attached hydrogens (tertiary/aromatic N) is 4. The predicted molar refractivity (Wildman–Crippen MR) is 151 cm³/mol. The number of carboxylic acids is 1. The van der Waals surface area contributed by atoms with Crippen molar-refractivity contribution in [3.05, 3.63) is 59.9 Å². The largest absolute Gasteiger partial charge is 1.00 e. The Morgan fingerprint density at radius 3 is 1.76 bits per heavy atom. The van der Waals surface area contributed by atoms with E-state index in [9.17, 15) is 14.7 Å². The smallest absolute Gasteiger partial charge is 0.870 e. The van der Waals surface area contributed by atoms with Gasteiger partial charge in [0.2, 0.25) is 0 Å². The van der Waals surface area contributed by atoms with Crippen molar-refractivity contribution in [1.29, 1.82) is 0 Å². The maximum Gasteiger partial charge on any atom is 1.00 e. The molecule has 0 saturated carbocycles. The number of para-hydroxylation sites is 2. The van der Waals surface area contributed by atoms with E-state index >= 15 is 0 Å². The molecule has 2 N–H and O–H groups in total. The first-order chi connectivity index (χ1) is 19.5. The van der Waals surface area contributed by atoms with Gasteiger partial charge in [0.15, 0.2) is 11.4 Å². The molecule has 2 aromatic carbocycles. The first-order valence-corrected chi connectivity index (χ1v) is 14.1. The monoisotopic (exact) mass is 572 g/mol. The van der Waals surface area contributed by atoms with E-state index in [0.29, 0.717) is 30.8 Å². The number of aromatic carboxylic acids is 1. The van der Waals surface area contributed by atoms with Gasteiger partial charge in [0.25, 0.3) is 0 Å². The number of rotatable bonds is 7. The van der Waals surface area contributed by atoms with Crippen molar-refractivity contribution >= 4 is 33.7 Å². The van der Waals surface area contributed by atoms with Crippen molar-refractivity contribution in [1.82, 2.24) is 19.6 Å². The molecule has 2 fully saturated rings. The van der Waals surface area contributed by atoms with Crippen LogP contribution in [-0.2, 0) is 27.3 Å². The van der Waals surface area contributed by atoms with E-state index in [1.165, 1.54) is 6.42 Å². The quantitative estimate of drug-likeness (QED) is 0.259. The van der Waals surface area contributed by atoms with Gasteiger partial charge in [-0.15, -0.1) is 0 Å². The SMILES string of the molecule is CCOC(=O)c1nn(CC2CCCCO2)c2ccccc12.O=C(O)c1nn(CC2CCCCO2)c2ccccc12.[Li+].[OH-]. The van der Waals surface area contributed by atoms with Crippen molar-refractivity contribution in [2.24, 2.45) is 0 Å². The third kappa shape index (κ3) is 7.79. The minimum Gasteiger partial charge on any atom is -0.870 e. The molecule has 0 spiro atoms. The Morgan fingerprint density at radius 2 is 1.31 bits per heavy atom. The minimum atomic E-state index is -0.987. The molecule has 2 unspecified atom stereocenters. The van der Waals surface area contributed by atoms with Crippen molar-refractivity contribution in [3.8, 4) is 0 Å². The molecule has 0 bridgehead atoms. The van der Waals surface area contributed by atoms with Crippen LogP contribution in [0.2, 0.25) is 0 Å². The number of ether oxygens (including phenoxy) is 3. The molecule has 12 heteroatoms. The van der Waals surface area contributed by atoms with Gasteiger partial charge in [-0.05, 0) is 57.6 Å². The van der Waals surface area contributed by atoms with Crippen molar-refractivity contribution < 1.29 is 53.2 Å². The van der Waals surface area contributed by atoms with Gasteiger partial charge in [-0.3, -0.25) is 9.36 Å². The van der Waals surface area contributed by atoms with Crippen LogP contribution in [0.3, 0.4) is 0 Å². The maximum atomic E-state index is 12.0. The Hall–Kier alpha value is -3.20. The molecule has 2 atom stereocenters. The van der Waals surface area contributed by atoms with Crippen LogP contribution >= 0.6 is 0 Å². The van der Waals surface area contributed by atoms with Crippen LogP contribution in [0.4, 0.5) is 0 Å². The van der Waals surface area contributed by atoms with Gasteiger partial charge in [-0.2, -0.15) is 10.2 Å². The summed E-state index contributed by atoms with van der Waals surface area (Å²) in [7, 11) is 0. The third-order valence-corrected chi connectivity index (χ3v) is 7.29. The number of carbonyl (C=O) groups is 2. The van der Waals surface area contributed by atoms with Gasteiger partial charge < -0.3 is 24.8 Å². The van der Waals surface area contributed by atoms with Crippen LogP contribution in [-0.4, -0.2) is 74.1 Å². The second-order valence-electron chi connectivity index (χ2n) is 10.1. The predicted octanol–water partition coefficient (Wildman–Crippen LogP) is 1.91. The van der Waals surface area contributed by atoms with E-state index in [4.69, 9.17) is 14.2 Å². The summed E-state index contributed by atoms with van der Waals surface area (Å²) in [6, 6.07) is 15.2. The zero-order valence-corrected chi connectivity index (χ0v) is 24.3. The second kappa shape index (κ2) is 15.9. The number of esters is 1. The van der Waals surface area contributed by atoms with Gasteiger partial charge >= 0.3 is 30.8 Å². The first kappa shape index (κ1) is 33.3. The Bertz CT molecular complexity index is 1460. The van der Waals surface area contributed by atoms with Crippen molar-refractivity contribution in [2.45, 2.75) is 70.7 Å². The molecule has 2 aliphatic heterocycles. The Labute approximate surface area is 256 Å². The van der Waals surface area contributed by atoms with Crippen LogP contribution < -0.4 is 18.9 Å². The summed E-state index contributed by atoms with van der Waals surface area (Å²) < 4.78 is 20.2. The number of hydrogen-bond donors (Lipinski definition) is 1. The average molecular weight is 573 g/mol. The number of carboxylic acid groups (broad SMARTS) is 1. The van der Waals surface area contributed by atoms with E-state index in [-0.39, 0.29) is 48.2 Å². The van der Waals surface area contributed by atoms with Gasteiger partial charge in [-0.1, -0.05) is 36.4 Å². The van der Waals surface area contributed by atoms with E-state index < -0.39 is 5.97 Å². The minimum absolute atomic E-state index is 0. The summed E-state index contributed by atoms with van der Waals surface area (Å²) in [5.74, 6) is -1.35. The molecule has 4 aromatic rings. The fraction of sp³-hybridized carbons (Fsp3) is 0.467. The average Bonchev–Trinajstić information content (AvgIpc) is 3.54. The van der Waals surface area contributed by atoms with Gasteiger partial charge in [0.1, 0.15) is 0 Å². The summed E-state index contributed by atoms with van der Waals surface area (Å²) >= 11 is 0. The van der Waals surface area contributed by atoms with Gasteiger partial charge in [-0.25, -0.2) is 9.59 Å². The fourth-order valence-electron chi connectivity index (χ4n) is 5.33. The number of fused-ring (bicyclic) bond motifs is 2. The van der Waals surface area contributed by atoms with Crippen LogP contribution in [0.25, 0.3) is 21.8 Å². The molecule has 2 aromatic heterocycles. The molecule has 2 aliphatic rings. The summed E-state index contributed by atoms with van der Waals surface area (Å²) in [6.07, 6.45) is 6.96. The summed E-state index contributed by atoms with van der Waals surface area (Å²) in [4.78, 5) is 23.2. The van der Waals surface area contributed by atoms with E-state index in [1.807, 2.05) is 47.1 Å². The standard InChI is InChI=1S/C16H20N2O3.C14H16N2O3.Li.H2O/c1-2-20-16(19)15-13-8-3-4-9-14(13)18(17-15)11-12-7-5-6-10-21-12;17-14(18)13-11-6-1-2-7-12(11)16(15-13)9-10-5-3-4-8-19-10;;/h3-4,8-9,12H,2,5-7,10-11H2,1H3;1-2,6-7,10H,3-5,8-9H2,(H,17,18);;1H2/q;;+1;/p-1. The van der Waals surface area contributed by atoms with Gasteiger partial charge in [0, 0.05) is 24.0 Å². The molecule has 0 radical (unpaired) electrons. The molecule has 0 aliphatic carbocycles. The molecule has 2 saturated heterocycles. The number of hydrogen-bond acceptors (Lipinski definition) is 8. The molecule has 220 valence electrons. The fourth-order valence-corrected chi connectivity index (χ4v) is 5.33. The number of carbonyl (C=O) groups excluding carboxylic acids is 1. The van der Waals surface area contributed by atoms with Crippen LogP contribution in [0.15, 0.2) is 48.5 Å². The van der Waals surface area contributed by atoms with Crippen molar-refractivity contribution in [2.75, 3.05) is 19.8 Å². The summed E-state index contributed by atoms with van der Waals surface area (Å²) in [5.41, 5.74) is 2.32. The Kier molecular flexibility index (Phi) is 12.6. The summed E-state index contributed by atoms with van der Waals surface area (Å²) in [5, 5.41) is 19.4. The Morgan fingerprint density at radius 1 is 0.833 bits per heavy atom.